The van der Waals surface area contributed by atoms with E-state index in [2.05, 4.69) is 15.3 Å². The highest BCUT2D eigenvalue weighted by atomic mass is 35.5. The van der Waals surface area contributed by atoms with Crippen molar-refractivity contribution in [2.75, 3.05) is 0 Å². The van der Waals surface area contributed by atoms with Crippen molar-refractivity contribution in [3.63, 3.8) is 0 Å². The highest BCUT2D eigenvalue weighted by Crippen LogP contribution is 2.22. The lowest BCUT2D eigenvalue weighted by molar-refractivity contribution is -0.121. The molecule has 1 atom stereocenters. The van der Waals surface area contributed by atoms with Gasteiger partial charge in [-0.05, 0) is 37.1 Å². The van der Waals surface area contributed by atoms with Crippen LogP contribution in [-0.4, -0.2) is 15.9 Å². The van der Waals surface area contributed by atoms with E-state index in [-0.39, 0.29) is 17.5 Å². The predicted molar refractivity (Wildman–Crippen MR) is 103 cm³/mol. The molecule has 0 unspecified atom stereocenters. The van der Waals surface area contributed by atoms with Crippen LogP contribution in [0, 0.1) is 0 Å². The molecule has 0 aliphatic heterocycles. The highest BCUT2D eigenvalue weighted by molar-refractivity contribution is 6.31. The SMILES string of the molecule is C[C@H](NC(=O)CCCc1nc2ccccc2c(=O)[nH]1)c1ccccc1Cl. The first-order chi connectivity index (χ1) is 12.5. The number of H-pyrrole nitrogens is 1. The van der Waals surface area contributed by atoms with Crippen LogP contribution in [0.5, 0.6) is 0 Å². The lowest BCUT2D eigenvalue weighted by atomic mass is 10.1. The number of amides is 1. The quantitative estimate of drug-likeness (QED) is 0.694. The average Bonchev–Trinajstić information content (AvgIpc) is 2.62. The molecule has 5 nitrogen and oxygen atoms in total. The van der Waals surface area contributed by atoms with E-state index in [0.717, 1.165) is 5.56 Å². The average molecular weight is 370 g/mol. The summed E-state index contributed by atoms with van der Waals surface area (Å²) < 4.78 is 0. The van der Waals surface area contributed by atoms with Gasteiger partial charge in [0, 0.05) is 17.9 Å². The second-order valence-corrected chi connectivity index (χ2v) is 6.60. The number of para-hydroxylation sites is 1. The van der Waals surface area contributed by atoms with Crippen LogP contribution in [0.3, 0.4) is 0 Å². The topological polar surface area (TPSA) is 74.8 Å². The maximum Gasteiger partial charge on any atom is 0.258 e. The molecule has 1 aromatic heterocycles. The minimum absolute atomic E-state index is 0.0550. The molecule has 2 aromatic carbocycles. The van der Waals surface area contributed by atoms with E-state index in [4.69, 9.17) is 11.6 Å². The van der Waals surface area contributed by atoms with Crippen molar-refractivity contribution in [2.45, 2.75) is 32.2 Å². The minimum atomic E-state index is -0.158. The Bertz CT molecular complexity index is 984. The molecule has 3 rings (SSSR count). The zero-order valence-electron chi connectivity index (χ0n) is 14.5. The Hall–Kier alpha value is -2.66. The normalized spacial score (nSPS) is 12.1. The van der Waals surface area contributed by atoms with Crippen molar-refractivity contribution in [3.8, 4) is 0 Å². The molecule has 0 radical (unpaired) electrons. The van der Waals surface area contributed by atoms with Gasteiger partial charge in [0.25, 0.3) is 5.56 Å². The Labute approximate surface area is 156 Å². The number of hydrogen-bond acceptors (Lipinski definition) is 3. The van der Waals surface area contributed by atoms with Crippen LogP contribution in [0.15, 0.2) is 53.3 Å². The van der Waals surface area contributed by atoms with Gasteiger partial charge in [-0.2, -0.15) is 0 Å². The summed E-state index contributed by atoms with van der Waals surface area (Å²) in [6, 6.07) is 14.5. The number of benzene rings is 2. The van der Waals surface area contributed by atoms with Gasteiger partial charge in [0.1, 0.15) is 5.82 Å². The van der Waals surface area contributed by atoms with Gasteiger partial charge in [-0.25, -0.2) is 4.98 Å². The van der Waals surface area contributed by atoms with E-state index < -0.39 is 0 Å². The zero-order valence-corrected chi connectivity index (χ0v) is 15.2. The van der Waals surface area contributed by atoms with Crippen molar-refractivity contribution in [1.29, 1.82) is 0 Å². The van der Waals surface area contributed by atoms with E-state index in [9.17, 15) is 9.59 Å². The van der Waals surface area contributed by atoms with Crippen molar-refractivity contribution < 1.29 is 4.79 Å². The number of carbonyl (C=O) groups is 1. The molecule has 0 saturated carbocycles. The summed E-state index contributed by atoms with van der Waals surface area (Å²) in [5.41, 5.74) is 1.41. The molecule has 1 amide bonds. The standard InChI is InChI=1S/C20H20ClN3O2/c1-13(14-7-2-4-9-16(14)21)22-19(25)12-6-11-18-23-17-10-5-3-8-15(17)20(26)24-18/h2-5,7-10,13H,6,11-12H2,1H3,(H,22,25)(H,23,24,26)/t13-/m0/s1. The summed E-state index contributed by atoms with van der Waals surface area (Å²) in [5.74, 6) is 0.543. The maximum atomic E-state index is 12.2. The summed E-state index contributed by atoms with van der Waals surface area (Å²) >= 11 is 6.16. The molecule has 0 fully saturated rings. The number of aryl methyl sites for hydroxylation is 1. The first-order valence-electron chi connectivity index (χ1n) is 8.56. The van der Waals surface area contributed by atoms with Gasteiger partial charge < -0.3 is 10.3 Å². The summed E-state index contributed by atoms with van der Waals surface area (Å²) in [4.78, 5) is 31.4. The third-order valence-corrected chi connectivity index (χ3v) is 4.57. The predicted octanol–water partition coefficient (Wildman–Crippen LogP) is 3.78. The molecule has 0 aliphatic carbocycles. The number of aromatic amines is 1. The molecular weight excluding hydrogens is 350 g/mol. The largest absolute Gasteiger partial charge is 0.350 e. The molecule has 134 valence electrons. The molecule has 2 N–H and O–H groups in total. The number of halogens is 1. The first-order valence-corrected chi connectivity index (χ1v) is 8.94. The molecule has 0 aliphatic rings. The number of carbonyl (C=O) groups excluding carboxylic acids is 1. The van der Waals surface area contributed by atoms with Gasteiger partial charge in [0.15, 0.2) is 0 Å². The fourth-order valence-electron chi connectivity index (χ4n) is 2.89. The first kappa shape index (κ1) is 18.1. The monoisotopic (exact) mass is 369 g/mol. The van der Waals surface area contributed by atoms with Crippen LogP contribution >= 0.6 is 11.6 Å². The fraction of sp³-hybridized carbons (Fsp3) is 0.250. The summed E-state index contributed by atoms with van der Waals surface area (Å²) in [6.45, 7) is 1.90. The summed E-state index contributed by atoms with van der Waals surface area (Å²) in [7, 11) is 0. The van der Waals surface area contributed by atoms with E-state index in [1.165, 1.54) is 0 Å². The van der Waals surface area contributed by atoms with Crippen molar-refractivity contribution in [3.05, 3.63) is 75.3 Å². The van der Waals surface area contributed by atoms with Gasteiger partial charge in [-0.15, -0.1) is 0 Å². The van der Waals surface area contributed by atoms with Gasteiger partial charge >= 0.3 is 0 Å². The second-order valence-electron chi connectivity index (χ2n) is 6.19. The Morgan fingerprint density at radius 3 is 2.73 bits per heavy atom. The van der Waals surface area contributed by atoms with Crippen molar-refractivity contribution >= 4 is 28.4 Å². The summed E-state index contributed by atoms with van der Waals surface area (Å²) in [6.07, 6.45) is 1.49. The zero-order chi connectivity index (χ0) is 18.5. The van der Waals surface area contributed by atoms with E-state index in [1.54, 1.807) is 12.1 Å². The number of hydrogen-bond donors (Lipinski definition) is 2. The lowest BCUT2D eigenvalue weighted by Gasteiger charge is -2.15. The Balaban J connectivity index is 1.56. The number of rotatable bonds is 6. The molecule has 0 spiro atoms. The maximum absolute atomic E-state index is 12.2. The van der Waals surface area contributed by atoms with E-state index >= 15 is 0 Å². The van der Waals surface area contributed by atoms with E-state index in [0.29, 0.717) is 41.0 Å². The van der Waals surface area contributed by atoms with Crippen molar-refractivity contribution in [2.24, 2.45) is 0 Å². The molecule has 3 aromatic rings. The smallest absolute Gasteiger partial charge is 0.258 e. The van der Waals surface area contributed by atoms with Crippen LogP contribution in [0.25, 0.3) is 10.9 Å². The Morgan fingerprint density at radius 1 is 1.19 bits per heavy atom. The molecule has 6 heteroatoms. The van der Waals surface area contributed by atoms with Crippen molar-refractivity contribution in [1.82, 2.24) is 15.3 Å². The Kier molecular flexibility index (Phi) is 5.68. The molecule has 0 bridgehead atoms. The third-order valence-electron chi connectivity index (χ3n) is 4.23. The minimum Gasteiger partial charge on any atom is -0.350 e. The Morgan fingerprint density at radius 2 is 1.92 bits per heavy atom. The van der Waals surface area contributed by atoms with Gasteiger partial charge in [0.2, 0.25) is 5.91 Å². The van der Waals surface area contributed by atoms with Gasteiger partial charge in [-0.1, -0.05) is 41.9 Å². The number of nitrogens with zero attached hydrogens (tertiary/aromatic N) is 1. The van der Waals surface area contributed by atoms with Gasteiger partial charge in [-0.3, -0.25) is 9.59 Å². The number of nitrogens with one attached hydrogen (secondary N) is 2. The van der Waals surface area contributed by atoms with Crippen LogP contribution in [0.2, 0.25) is 5.02 Å². The van der Waals surface area contributed by atoms with E-state index in [1.807, 2.05) is 43.3 Å². The van der Waals surface area contributed by atoms with Gasteiger partial charge in [0.05, 0.1) is 16.9 Å². The van der Waals surface area contributed by atoms with Crippen LogP contribution < -0.4 is 10.9 Å². The molecule has 1 heterocycles. The van der Waals surface area contributed by atoms with Crippen LogP contribution in [0.1, 0.15) is 37.2 Å². The molecular formula is C20H20ClN3O2. The van der Waals surface area contributed by atoms with Crippen LogP contribution in [0.4, 0.5) is 0 Å². The highest BCUT2D eigenvalue weighted by Gasteiger charge is 2.12. The summed E-state index contributed by atoms with van der Waals surface area (Å²) in [5, 5.41) is 4.16. The third kappa shape index (κ3) is 4.29. The number of fused-ring (bicyclic) bond motifs is 1. The molecule has 26 heavy (non-hydrogen) atoms. The second kappa shape index (κ2) is 8.15. The lowest BCUT2D eigenvalue weighted by Crippen LogP contribution is -2.26. The van der Waals surface area contributed by atoms with Crippen LogP contribution in [-0.2, 0) is 11.2 Å². The molecule has 0 saturated heterocycles. The number of aromatic nitrogens is 2. The fourth-order valence-corrected chi connectivity index (χ4v) is 3.19.